The van der Waals surface area contributed by atoms with Gasteiger partial charge in [-0.1, -0.05) is 6.08 Å². The van der Waals surface area contributed by atoms with Gasteiger partial charge < -0.3 is 35.1 Å². The Kier molecular flexibility index (Phi) is 8.82. The van der Waals surface area contributed by atoms with Crippen molar-refractivity contribution in [2.24, 2.45) is 5.73 Å². The third-order valence-corrected chi connectivity index (χ3v) is 3.62. The summed E-state index contributed by atoms with van der Waals surface area (Å²) in [6.45, 7) is 0.0604. The lowest BCUT2D eigenvalue weighted by Crippen LogP contribution is -2.31. The zero-order valence-corrected chi connectivity index (χ0v) is 14.0. The van der Waals surface area contributed by atoms with E-state index in [1.165, 1.54) is 0 Å². The van der Waals surface area contributed by atoms with Gasteiger partial charge in [-0.2, -0.15) is 0 Å². The van der Waals surface area contributed by atoms with E-state index in [1.54, 1.807) is 11.1 Å². The van der Waals surface area contributed by atoms with E-state index in [9.17, 15) is 14.4 Å². The highest BCUT2D eigenvalue weighted by atomic mass is 16.6. The highest BCUT2D eigenvalue weighted by Gasteiger charge is 2.30. The summed E-state index contributed by atoms with van der Waals surface area (Å²) in [4.78, 5) is 34.7. The van der Waals surface area contributed by atoms with E-state index in [2.05, 4.69) is 0 Å². The van der Waals surface area contributed by atoms with Gasteiger partial charge in [0.05, 0.1) is 12.5 Å². The molecule has 9 heteroatoms. The Morgan fingerprint density at radius 3 is 2.84 bits per heavy atom. The zero-order chi connectivity index (χ0) is 18.8. The second kappa shape index (κ2) is 10.6. The summed E-state index contributed by atoms with van der Waals surface area (Å²) < 4.78 is 10.8. The largest absolute Gasteiger partial charge is 0.463 e. The molecule has 1 amide bonds. The molecule has 9 nitrogen and oxygen atoms in total. The van der Waals surface area contributed by atoms with E-state index in [1.807, 2.05) is 12.3 Å². The quantitative estimate of drug-likeness (QED) is 0.397. The Morgan fingerprint density at radius 1 is 1.48 bits per heavy atom. The molecule has 0 aromatic rings. The number of allylic oxidation sites excluding steroid dienone is 1. The molecule has 0 aliphatic carbocycles. The number of aldehydes is 1. The minimum Gasteiger partial charge on any atom is -0.463 e. The van der Waals surface area contributed by atoms with E-state index in [0.29, 0.717) is 24.8 Å². The van der Waals surface area contributed by atoms with E-state index in [-0.39, 0.29) is 31.6 Å². The maximum Gasteiger partial charge on any atom is 0.308 e. The number of aliphatic hydroxyl groups is 2. The number of primary amides is 1. The van der Waals surface area contributed by atoms with E-state index in [0.717, 1.165) is 7.11 Å². The van der Waals surface area contributed by atoms with Gasteiger partial charge in [-0.15, -0.1) is 0 Å². The number of ether oxygens (including phenoxy) is 2. The molecule has 2 aliphatic heterocycles. The van der Waals surface area contributed by atoms with Crippen LogP contribution in [0.25, 0.3) is 0 Å². The van der Waals surface area contributed by atoms with Gasteiger partial charge in [-0.25, -0.2) is 0 Å². The van der Waals surface area contributed by atoms with E-state index >= 15 is 0 Å². The van der Waals surface area contributed by atoms with Gasteiger partial charge in [0.25, 0.3) is 0 Å². The lowest BCUT2D eigenvalue weighted by molar-refractivity contribution is -0.151. The number of carbonyl (C=O) groups excluding carboxylic acids is 3. The maximum absolute atomic E-state index is 11.4. The molecule has 1 saturated heterocycles. The number of hydrogen-bond acceptors (Lipinski definition) is 8. The van der Waals surface area contributed by atoms with Gasteiger partial charge in [0.2, 0.25) is 5.91 Å². The van der Waals surface area contributed by atoms with Gasteiger partial charge in [0.15, 0.2) is 0 Å². The summed E-state index contributed by atoms with van der Waals surface area (Å²) >= 11 is 0. The van der Waals surface area contributed by atoms with Crippen LogP contribution in [0.2, 0.25) is 0 Å². The lowest BCUT2D eigenvalue weighted by Gasteiger charge is -2.27. The van der Waals surface area contributed by atoms with Crippen LogP contribution in [0.15, 0.2) is 24.0 Å². The molecule has 0 spiro atoms. The number of nitrogens with two attached hydrogens (primary N) is 1. The first-order chi connectivity index (χ1) is 12.0. The molecule has 1 fully saturated rings. The molecule has 0 aromatic heterocycles. The summed E-state index contributed by atoms with van der Waals surface area (Å²) in [7, 11) is 1.00. The van der Waals surface area contributed by atoms with Crippen molar-refractivity contribution < 1.29 is 34.1 Å². The van der Waals surface area contributed by atoms with Crippen molar-refractivity contribution in [3.63, 3.8) is 0 Å². The van der Waals surface area contributed by atoms with Gasteiger partial charge in [-0.05, 0) is 19.3 Å². The van der Waals surface area contributed by atoms with Crippen LogP contribution >= 0.6 is 0 Å². The molecule has 0 bridgehead atoms. The molecule has 3 atom stereocenters. The fourth-order valence-corrected chi connectivity index (χ4v) is 2.41. The Balaban J connectivity index is 0.00000151. The first-order valence-electron chi connectivity index (χ1n) is 7.83. The van der Waals surface area contributed by atoms with Crippen molar-refractivity contribution in [1.82, 2.24) is 4.90 Å². The molecular weight excluding hydrogens is 332 g/mol. The third kappa shape index (κ3) is 6.65. The molecule has 0 saturated carbocycles. The maximum atomic E-state index is 11.4. The van der Waals surface area contributed by atoms with Crippen LogP contribution in [0.5, 0.6) is 0 Å². The van der Waals surface area contributed by atoms with E-state index < -0.39 is 18.0 Å². The highest BCUT2D eigenvalue weighted by Crippen LogP contribution is 2.26. The van der Waals surface area contributed by atoms with Gasteiger partial charge in [0, 0.05) is 25.1 Å². The predicted octanol–water partition coefficient (Wildman–Crippen LogP) is -0.818. The fourth-order valence-electron chi connectivity index (χ4n) is 2.41. The Morgan fingerprint density at radius 2 is 2.20 bits per heavy atom. The molecule has 140 valence electrons. The van der Waals surface area contributed by atoms with Crippen LogP contribution in [0, 0.1) is 0 Å². The number of esters is 1. The average molecular weight is 356 g/mol. The molecular formula is C16H24N2O7. The molecule has 2 aliphatic rings. The van der Waals surface area contributed by atoms with Crippen molar-refractivity contribution in [3.05, 3.63) is 24.0 Å². The summed E-state index contributed by atoms with van der Waals surface area (Å²) in [5.74, 6) is -1.11. The van der Waals surface area contributed by atoms with Crippen LogP contribution < -0.4 is 5.73 Å². The minimum absolute atomic E-state index is 0.0604. The molecule has 2 heterocycles. The molecule has 2 rings (SSSR count). The average Bonchev–Trinajstić information content (AvgIpc) is 3.10. The van der Waals surface area contributed by atoms with Crippen LogP contribution in [0.4, 0.5) is 0 Å². The lowest BCUT2D eigenvalue weighted by atomic mass is 10.1. The Labute approximate surface area is 145 Å². The summed E-state index contributed by atoms with van der Waals surface area (Å²) in [6.07, 6.45) is 5.31. The Bertz CT molecular complexity index is 533. The topological polar surface area (TPSA) is 139 Å². The smallest absolute Gasteiger partial charge is 0.308 e. The number of aliphatic hydroxyl groups excluding tert-OH is 2. The minimum atomic E-state index is -1.34. The first kappa shape index (κ1) is 20.8. The summed E-state index contributed by atoms with van der Waals surface area (Å²) in [6, 6.07) is 0. The highest BCUT2D eigenvalue weighted by molar-refractivity contribution is 5.92. The molecule has 0 aromatic carbocycles. The Hall–Kier alpha value is -2.23. The van der Waals surface area contributed by atoms with Crippen LogP contribution in [0.1, 0.15) is 25.7 Å². The van der Waals surface area contributed by atoms with Crippen molar-refractivity contribution in [3.8, 4) is 0 Å². The van der Waals surface area contributed by atoms with Gasteiger partial charge >= 0.3 is 5.97 Å². The number of amides is 1. The summed E-state index contributed by atoms with van der Waals surface area (Å²) in [5, 5.41) is 16.0. The predicted molar refractivity (Wildman–Crippen MR) is 86.6 cm³/mol. The van der Waals surface area contributed by atoms with Crippen molar-refractivity contribution in [2.75, 3.05) is 13.7 Å². The second-order valence-electron chi connectivity index (χ2n) is 5.44. The fraction of sp³-hybridized carbons (Fsp3) is 0.562. The number of carbonyl (C=O) groups is 3. The first-order valence-corrected chi connectivity index (χ1v) is 7.83. The SMILES string of the molecule is CO.NC(=O)C1=CN(C2CCC(COC(=O)CC(O)C=O)O2)C=CC1. The monoisotopic (exact) mass is 356 g/mol. The molecule has 3 unspecified atom stereocenters. The van der Waals surface area contributed by atoms with Crippen molar-refractivity contribution in [2.45, 2.75) is 44.1 Å². The molecule has 4 N–H and O–H groups in total. The number of nitrogens with zero attached hydrogens (tertiary/aromatic N) is 1. The second-order valence-corrected chi connectivity index (χ2v) is 5.44. The molecule has 0 radical (unpaired) electrons. The van der Waals surface area contributed by atoms with Gasteiger partial charge in [0.1, 0.15) is 25.2 Å². The van der Waals surface area contributed by atoms with Crippen molar-refractivity contribution >= 4 is 18.2 Å². The van der Waals surface area contributed by atoms with Crippen LogP contribution in [-0.4, -0.2) is 65.4 Å². The van der Waals surface area contributed by atoms with E-state index in [4.69, 9.17) is 25.4 Å². The number of rotatable bonds is 7. The zero-order valence-electron chi connectivity index (χ0n) is 14.0. The third-order valence-electron chi connectivity index (χ3n) is 3.62. The number of hydrogen-bond donors (Lipinski definition) is 3. The van der Waals surface area contributed by atoms with Crippen molar-refractivity contribution in [1.29, 1.82) is 0 Å². The van der Waals surface area contributed by atoms with Gasteiger partial charge in [-0.3, -0.25) is 9.59 Å². The normalized spacial score (nSPS) is 23.2. The standard InChI is InChI=1S/C15H20N2O6.CH4O/c16-15(21)10-2-1-5-17(7-10)13-4-3-12(23-13)9-22-14(20)6-11(19)8-18;1-2/h1,5,7-8,11-13,19H,2-4,6,9H2,(H2,16,21);2H,1H3. The molecule has 25 heavy (non-hydrogen) atoms. The van der Waals surface area contributed by atoms with Crippen LogP contribution in [-0.2, 0) is 23.9 Å². The summed E-state index contributed by atoms with van der Waals surface area (Å²) in [5.41, 5.74) is 5.78. The van der Waals surface area contributed by atoms with Crippen LogP contribution in [0.3, 0.4) is 0 Å².